The van der Waals surface area contributed by atoms with E-state index in [4.69, 9.17) is 10.3 Å². The smallest absolute Gasteiger partial charge is 0.227 e. The zero-order valence-electron chi connectivity index (χ0n) is 10.1. The Labute approximate surface area is 99.8 Å². The SMILES string of the molecule is CC(N)CCCc1nc(-c2ccn(C)n2)no1. The third-order valence-corrected chi connectivity index (χ3v) is 2.46. The summed E-state index contributed by atoms with van der Waals surface area (Å²) in [6.45, 7) is 1.99. The van der Waals surface area contributed by atoms with E-state index < -0.39 is 0 Å². The van der Waals surface area contributed by atoms with E-state index in [1.54, 1.807) is 4.68 Å². The molecule has 0 amide bonds. The van der Waals surface area contributed by atoms with Gasteiger partial charge in [0, 0.05) is 25.7 Å². The highest BCUT2D eigenvalue weighted by molar-refractivity contribution is 5.46. The fourth-order valence-electron chi connectivity index (χ4n) is 1.57. The van der Waals surface area contributed by atoms with Crippen LogP contribution in [0.15, 0.2) is 16.8 Å². The molecule has 2 N–H and O–H groups in total. The fraction of sp³-hybridized carbons (Fsp3) is 0.545. The molecule has 1 atom stereocenters. The van der Waals surface area contributed by atoms with E-state index in [1.165, 1.54) is 0 Å². The second-order valence-electron chi connectivity index (χ2n) is 4.26. The highest BCUT2D eigenvalue weighted by Gasteiger charge is 2.10. The summed E-state index contributed by atoms with van der Waals surface area (Å²) in [6, 6.07) is 2.07. The lowest BCUT2D eigenvalue weighted by molar-refractivity contribution is 0.373. The number of hydrogen-bond acceptors (Lipinski definition) is 5. The van der Waals surface area contributed by atoms with E-state index in [0.29, 0.717) is 11.7 Å². The van der Waals surface area contributed by atoms with Gasteiger partial charge in [-0.25, -0.2) is 0 Å². The lowest BCUT2D eigenvalue weighted by Gasteiger charge is -2.00. The van der Waals surface area contributed by atoms with Crippen molar-refractivity contribution in [1.29, 1.82) is 0 Å². The molecule has 17 heavy (non-hydrogen) atoms. The molecule has 0 aliphatic carbocycles. The first-order chi connectivity index (χ1) is 8.15. The van der Waals surface area contributed by atoms with E-state index in [9.17, 15) is 0 Å². The Bertz CT molecular complexity index is 474. The van der Waals surface area contributed by atoms with E-state index in [2.05, 4.69) is 15.2 Å². The summed E-state index contributed by atoms with van der Waals surface area (Å²) in [5.74, 6) is 1.19. The molecule has 2 aromatic heterocycles. The number of nitrogens with zero attached hydrogens (tertiary/aromatic N) is 4. The van der Waals surface area contributed by atoms with Gasteiger partial charge in [-0.05, 0) is 25.8 Å². The van der Waals surface area contributed by atoms with Crippen LogP contribution in [0.5, 0.6) is 0 Å². The van der Waals surface area contributed by atoms with Gasteiger partial charge in [0.15, 0.2) is 0 Å². The van der Waals surface area contributed by atoms with E-state index >= 15 is 0 Å². The van der Waals surface area contributed by atoms with Crippen molar-refractivity contribution in [2.24, 2.45) is 12.8 Å². The Hall–Kier alpha value is -1.69. The molecule has 0 saturated carbocycles. The van der Waals surface area contributed by atoms with Gasteiger partial charge < -0.3 is 10.3 Å². The van der Waals surface area contributed by atoms with Crippen molar-refractivity contribution in [3.8, 4) is 11.5 Å². The molecule has 6 nitrogen and oxygen atoms in total. The average molecular weight is 235 g/mol. The zero-order valence-corrected chi connectivity index (χ0v) is 10.1. The van der Waals surface area contributed by atoms with Gasteiger partial charge in [-0.2, -0.15) is 10.1 Å². The van der Waals surface area contributed by atoms with Gasteiger partial charge in [0.2, 0.25) is 11.7 Å². The molecular weight excluding hydrogens is 218 g/mol. The van der Waals surface area contributed by atoms with Gasteiger partial charge in [-0.3, -0.25) is 4.68 Å². The Kier molecular flexibility index (Phi) is 3.53. The van der Waals surface area contributed by atoms with Crippen molar-refractivity contribution in [1.82, 2.24) is 19.9 Å². The Balaban J connectivity index is 1.96. The zero-order chi connectivity index (χ0) is 12.3. The van der Waals surface area contributed by atoms with Gasteiger partial charge in [0.25, 0.3) is 0 Å². The van der Waals surface area contributed by atoms with Crippen LogP contribution in [0, 0.1) is 0 Å². The summed E-state index contributed by atoms with van der Waals surface area (Å²) in [4.78, 5) is 4.30. The molecule has 0 aliphatic rings. The van der Waals surface area contributed by atoms with Crippen molar-refractivity contribution in [2.45, 2.75) is 32.2 Å². The molecule has 2 heterocycles. The largest absolute Gasteiger partial charge is 0.339 e. The second-order valence-corrected chi connectivity index (χ2v) is 4.26. The van der Waals surface area contributed by atoms with Crippen LogP contribution in [0.3, 0.4) is 0 Å². The van der Waals surface area contributed by atoms with Crippen molar-refractivity contribution >= 4 is 0 Å². The molecular formula is C11H17N5O. The third-order valence-electron chi connectivity index (χ3n) is 2.46. The molecule has 0 saturated heterocycles. The maximum Gasteiger partial charge on any atom is 0.227 e. The van der Waals surface area contributed by atoms with Crippen LogP contribution in [0.4, 0.5) is 0 Å². The van der Waals surface area contributed by atoms with Gasteiger partial charge in [0.05, 0.1) is 0 Å². The molecule has 0 radical (unpaired) electrons. The lowest BCUT2D eigenvalue weighted by Crippen LogP contribution is -2.14. The van der Waals surface area contributed by atoms with Crippen molar-refractivity contribution in [3.05, 3.63) is 18.2 Å². The van der Waals surface area contributed by atoms with Gasteiger partial charge in [-0.15, -0.1) is 0 Å². The molecule has 2 rings (SSSR count). The quantitative estimate of drug-likeness (QED) is 0.840. The molecule has 0 bridgehead atoms. The van der Waals surface area contributed by atoms with Crippen molar-refractivity contribution in [2.75, 3.05) is 0 Å². The molecule has 0 aromatic carbocycles. The predicted octanol–water partition coefficient (Wildman–Crippen LogP) is 1.14. The van der Waals surface area contributed by atoms with Crippen LogP contribution in [-0.2, 0) is 13.5 Å². The standard InChI is InChI=1S/C11H17N5O/c1-8(12)4-3-5-10-13-11(15-17-10)9-6-7-16(2)14-9/h6-8H,3-5,12H2,1-2H3. The van der Waals surface area contributed by atoms with E-state index in [-0.39, 0.29) is 6.04 Å². The summed E-state index contributed by atoms with van der Waals surface area (Å²) in [7, 11) is 1.85. The van der Waals surface area contributed by atoms with Crippen LogP contribution in [0.25, 0.3) is 11.5 Å². The Morgan fingerprint density at radius 3 is 3.00 bits per heavy atom. The molecule has 0 spiro atoms. The molecule has 6 heteroatoms. The molecule has 0 aliphatic heterocycles. The topological polar surface area (TPSA) is 82.8 Å². The Morgan fingerprint density at radius 1 is 1.53 bits per heavy atom. The number of hydrogen-bond donors (Lipinski definition) is 1. The second kappa shape index (κ2) is 5.09. The van der Waals surface area contributed by atoms with E-state index in [0.717, 1.165) is 25.0 Å². The first-order valence-corrected chi connectivity index (χ1v) is 5.73. The summed E-state index contributed by atoms with van der Waals surface area (Å²) >= 11 is 0. The third kappa shape index (κ3) is 3.13. The Morgan fingerprint density at radius 2 is 2.35 bits per heavy atom. The first kappa shape index (κ1) is 11.8. The van der Waals surface area contributed by atoms with Gasteiger partial charge in [-0.1, -0.05) is 5.16 Å². The van der Waals surface area contributed by atoms with Crippen LogP contribution >= 0.6 is 0 Å². The summed E-state index contributed by atoms with van der Waals surface area (Å²) in [5, 5.41) is 8.12. The molecule has 1 unspecified atom stereocenters. The molecule has 92 valence electrons. The molecule has 0 fully saturated rings. The number of rotatable bonds is 5. The predicted molar refractivity (Wildman–Crippen MR) is 63.1 cm³/mol. The number of aromatic nitrogens is 4. The highest BCUT2D eigenvalue weighted by atomic mass is 16.5. The first-order valence-electron chi connectivity index (χ1n) is 5.73. The summed E-state index contributed by atoms with van der Waals surface area (Å²) in [6.07, 6.45) is 4.53. The van der Waals surface area contributed by atoms with Gasteiger partial charge in [0.1, 0.15) is 5.69 Å². The van der Waals surface area contributed by atoms with E-state index in [1.807, 2.05) is 26.2 Å². The summed E-state index contributed by atoms with van der Waals surface area (Å²) in [5.41, 5.74) is 6.41. The normalized spacial score (nSPS) is 12.9. The minimum atomic E-state index is 0.216. The minimum Gasteiger partial charge on any atom is -0.339 e. The summed E-state index contributed by atoms with van der Waals surface area (Å²) < 4.78 is 6.87. The minimum absolute atomic E-state index is 0.216. The van der Waals surface area contributed by atoms with Crippen LogP contribution in [0.1, 0.15) is 25.7 Å². The maximum absolute atomic E-state index is 5.68. The molecule has 2 aromatic rings. The van der Waals surface area contributed by atoms with Crippen LogP contribution < -0.4 is 5.73 Å². The fourth-order valence-corrected chi connectivity index (χ4v) is 1.57. The van der Waals surface area contributed by atoms with Crippen LogP contribution in [-0.4, -0.2) is 26.0 Å². The van der Waals surface area contributed by atoms with Crippen molar-refractivity contribution < 1.29 is 4.52 Å². The average Bonchev–Trinajstić information content (AvgIpc) is 2.86. The number of aryl methyl sites for hydroxylation is 2. The van der Waals surface area contributed by atoms with Crippen LogP contribution in [0.2, 0.25) is 0 Å². The number of nitrogens with two attached hydrogens (primary N) is 1. The monoisotopic (exact) mass is 235 g/mol. The van der Waals surface area contributed by atoms with Gasteiger partial charge >= 0.3 is 0 Å². The van der Waals surface area contributed by atoms with Crippen molar-refractivity contribution in [3.63, 3.8) is 0 Å². The lowest BCUT2D eigenvalue weighted by atomic mass is 10.1. The highest BCUT2D eigenvalue weighted by Crippen LogP contribution is 2.13. The maximum atomic E-state index is 5.68.